The summed E-state index contributed by atoms with van der Waals surface area (Å²) in [6.45, 7) is 4.57. The molecule has 22 heavy (non-hydrogen) atoms. The number of nitrogens with zero attached hydrogens (tertiary/aromatic N) is 3. The number of ether oxygens (including phenoxy) is 1. The molecule has 1 fully saturated rings. The SMILES string of the molecule is CCn1cc([C@@H]2OCC[C@H]2CNc2ccc(CO)cn2)cn1. The first kappa shape index (κ1) is 15.0. The van der Waals surface area contributed by atoms with Gasteiger partial charge in [-0.15, -0.1) is 0 Å². The van der Waals surface area contributed by atoms with Gasteiger partial charge in [0.1, 0.15) is 5.82 Å². The Labute approximate surface area is 130 Å². The van der Waals surface area contributed by atoms with Crippen molar-refractivity contribution in [3.05, 3.63) is 41.9 Å². The number of hydrogen-bond donors (Lipinski definition) is 2. The third-order valence-corrected chi connectivity index (χ3v) is 4.07. The number of aryl methyl sites for hydroxylation is 1. The molecule has 2 aromatic rings. The number of hydrogen-bond acceptors (Lipinski definition) is 5. The number of aliphatic hydroxyl groups is 1. The van der Waals surface area contributed by atoms with Crippen LogP contribution in [0.5, 0.6) is 0 Å². The minimum absolute atomic E-state index is 0.0211. The van der Waals surface area contributed by atoms with Crippen LogP contribution in [-0.4, -0.2) is 33.0 Å². The van der Waals surface area contributed by atoms with Crippen molar-refractivity contribution in [3.8, 4) is 0 Å². The van der Waals surface area contributed by atoms with Crippen LogP contribution in [0.4, 0.5) is 5.82 Å². The van der Waals surface area contributed by atoms with Crippen molar-refractivity contribution in [1.29, 1.82) is 0 Å². The summed E-state index contributed by atoms with van der Waals surface area (Å²) in [5, 5.41) is 16.7. The van der Waals surface area contributed by atoms with Crippen molar-refractivity contribution in [2.75, 3.05) is 18.5 Å². The molecule has 0 aromatic carbocycles. The predicted molar refractivity (Wildman–Crippen MR) is 83.4 cm³/mol. The van der Waals surface area contributed by atoms with Gasteiger partial charge in [-0.3, -0.25) is 4.68 Å². The van der Waals surface area contributed by atoms with Crippen molar-refractivity contribution in [3.63, 3.8) is 0 Å². The Morgan fingerprint density at radius 2 is 2.32 bits per heavy atom. The van der Waals surface area contributed by atoms with Crippen LogP contribution in [0, 0.1) is 5.92 Å². The summed E-state index contributed by atoms with van der Waals surface area (Å²) in [5.41, 5.74) is 1.97. The Bertz CT molecular complexity index is 596. The van der Waals surface area contributed by atoms with Gasteiger partial charge in [0.25, 0.3) is 0 Å². The molecule has 0 spiro atoms. The minimum atomic E-state index is 0.0211. The fourth-order valence-electron chi connectivity index (χ4n) is 2.77. The van der Waals surface area contributed by atoms with Crippen molar-refractivity contribution < 1.29 is 9.84 Å². The molecule has 0 bridgehead atoms. The quantitative estimate of drug-likeness (QED) is 0.853. The van der Waals surface area contributed by atoms with Crippen LogP contribution in [0.1, 0.15) is 30.6 Å². The molecule has 3 heterocycles. The van der Waals surface area contributed by atoms with Crippen LogP contribution < -0.4 is 5.32 Å². The van der Waals surface area contributed by atoms with Crippen LogP contribution in [-0.2, 0) is 17.9 Å². The third-order valence-electron chi connectivity index (χ3n) is 4.07. The molecule has 6 heteroatoms. The van der Waals surface area contributed by atoms with E-state index in [2.05, 4.69) is 28.5 Å². The van der Waals surface area contributed by atoms with Gasteiger partial charge in [0.15, 0.2) is 0 Å². The Hall–Kier alpha value is -1.92. The maximum absolute atomic E-state index is 9.03. The zero-order chi connectivity index (χ0) is 15.4. The van der Waals surface area contributed by atoms with E-state index >= 15 is 0 Å². The van der Waals surface area contributed by atoms with E-state index in [1.807, 2.05) is 23.0 Å². The Morgan fingerprint density at radius 3 is 3.00 bits per heavy atom. The van der Waals surface area contributed by atoms with Crippen molar-refractivity contribution in [1.82, 2.24) is 14.8 Å². The third kappa shape index (κ3) is 3.28. The molecule has 2 atom stereocenters. The number of rotatable bonds is 6. The number of nitrogens with one attached hydrogen (secondary N) is 1. The number of pyridine rings is 1. The van der Waals surface area contributed by atoms with Crippen LogP contribution in [0.25, 0.3) is 0 Å². The number of aliphatic hydroxyl groups excluding tert-OH is 1. The highest BCUT2D eigenvalue weighted by atomic mass is 16.5. The fourth-order valence-corrected chi connectivity index (χ4v) is 2.77. The molecule has 1 saturated heterocycles. The average molecular weight is 302 g/mol. The standard InChI is InChI=1S/C16H22N4O2/c1-2-20-10-14(9-19-20)16-13(5-6-22-16)8-18-15-4-3-12(11-21)7-17-15/h3-4,7,9-10,13,16,21H,2,5-6,8,11H2,1H3,(H,17,18)/t13-,16+/m0/s1. The Kier molecular flexibility index (Phi) is 4.70. The van der Waals surface area contributed by atoms with E-state index in [0.29, 0.717) is 5.92 Å². The lowest BCUT2D eigenvalue weighted by Gasteiger charge is -2.18. The monoisotopic (exact) mass is 302 g/mol. The normalized spacial score (nSPS) is 21.2. The van der Waals surface area contributed by atoms with E-state index in [9.17, 15) is 0 Å². The summed E-state index contributed by atoms with van der Waals surface area (Å²) >= 11 is 0. The first-order valence-electron chi connectivity index (χ1n) is 7.73. The average Bonchev–Trinajstić information content (AvgIpc) is 3.21. The molecule has 2 aromatic heterocycles. The maximum atomic E-state index is 9.03. The van der Waals surface area contributed by atoms with Crippen molar-refractivity contribution in [2.45, 2.75) is 32.6 Å². The van der Waals surface area contributed by atoms with Gasteiger partial charge in [-0.05, 0) is 25.0 Å². The number of anilines is 1. The van der Waals surface area contributed by atoms with E-state index in [1.54, 1.807) is 6.20 Å². The predicted octanol–water partition coefficient (Wildman–Crippen LogP) is 1.98. The maximum Gasteiger partial charge on any atom is 0.125 e. The molecule has 0 saturated carbocycles. The molecule has 0 aliphatic carbocycles. The van der Waals surface area contributed by atoms with Gasteiger partial charge < -0.3 is 15.2 Å². The van der Waals surface area contributed by atoms with Crippen LogP contribution >= 0.6 is 0 Å². The van der Waals surface area contributed by atoms with E-state index in [-0.39, 0.29) is 12.7 Å². The summed E-state index contributed by atoms with van der Waals surface area (Å²) in [6.07, 6.45) is 6.79. The van der Waals surface area contributed by atoms with Gasteiger partial charge >= 0.3 is 0 Å². The van der Waals surface area contributed by atoms with Crippen molar-refractivity contribution >= 4 is 5.82 Å². The molecule has 0 unspecified atom stereocenters. The molecule has 6 nitrogen and oxygen atoms in total. The Balaban J connectivity index is 1.60. The molecular weight excluding hydrogens is 280 g/mol. The lowest BCUT2D eigenvalue weighted by molar-refractivity contribution is 0.0932. The number of aromatic nitrogens is 3. The molecule has 1 aliphatic heterocycles. The van der Waals surface area contributed by atoms with Crippen molar-refractivity contribution in [2.24, 2.45) is 5.92 Å². The highest BCUT2D eigenvalue weighted by Gasteiger charge is 2.30. The summed E-state index contributed by atoms with van der Waals surface area (Å²) < 4.78 is 7.81. The van der Waals surface area contributed by atoms with Gasteiger partial charge in [0.2, 0.25) is 0 Å². The van der Waals surface area contributed by atoms with Crippen LogP contribution in [0.3, 0.4) is 0 Å². The van der Waals surface area contributed by atoms with E-state index in [1.165, 1.54) is 0 Å². The lowest BCUT2D eigenvalue weighted by atomic mass is 9.97. The summed E-state index contributed by atoms with van der Waals surface area (Å²) in [5.74, 6) is 1.24. The van der Waals surface area contributed by atoms with Gasteiger partial charge in [-0.25, -0.2) is 4.98 Å². The molecule has 2 N–H and O–H groups in total. The van der Waals surface area contributed by atoms with Gasteiger partial charge in [-0.2, -0.15) is 5.10 Å². The van der Waals surface area contributed by atoms with E-state index < -0.39 is 0 Å². The largest absolute Gasteiger partial charge is 0.392 e. The summed E-state index contributed by atoms with van der Waals surface area (Å²) in [7, 11) is 0. The zero-order valence-corrected chi connectivity index (χ0v) is 12.8. The van der Waals surface area contributed by atoms with E-state index in [0.717, 1.165) is 43.1 Å². The van der Waals surface area contributed by atoms with Gasteiger partial charge in [0, 0.05) is 43.6 Å². The second-order valence-corrected chi connectivity index (χ2v) is 5.56. The highest BCUT2D eigenvalue weighted by molar-refractivity contribution is 5.35. The fraction of sp³-hybridized carbons (Fsp3) is 0.500. The molecule has 0 amide bonds. The lowest BCUT2D eigenvalue weighted by Crippen LogP contribution is -2.18. The second kappa shape index (κ2) is 6.89. The molecule has 0 radical (unpaired) electrons. The smallest absolute Gasteiger partial charge is 0.125 e. The first-order chi connectivity index (χ1) is 10.8. The highest BCUT2D eigenvalue weighted by Crippen LogP contribution is 2.34. The van der Waals surface area contributed by atoms with Crippen LogP contribution in [0.15, 0.2) is 30.7 Å². The first-order valence-corrected chi connectivity index (χ1v) is 7.73. The molecule has 1 aliphatic rings. The molecular formula is C16H22N4O2. The minimum Gasteiger partial charge on any atom is -0.392 e. The zero-order valence-electron chi connectivity index (χ0n) is 12.8. The summed E-state index contributed by atoms with van der Waals surface area (Å²) in [4.78, 5) is 4.30. The molecule has 3 rings (SSSR count). The topological polar surface area (TPSA) is 72.2 Å². The second-order valence-electron chi connectivity index (χ2n) is 5.56. The van der Waals surface area contributed by atoms with Gasteiger partial charge in [-0.1, -0.05) is 6.07 Å². The van der Waals surface area contributed by atoms with E-state index in [4.69, 9.17) is 9.84 Å². The Morgan fingerprint density at radius 1 is 1.41 bits per heavy atom. The van der Waals surface area contributed by atoms with Gasteiger partial charge in [0.05, 0.1) is 18.9 Å². The summed E-state index contributed by atoms with van der Waals surface area (Å²) in [6, 6.07) is 3.77. The van der Waals surface area contributed by atoms with Crippen LogP contribution in [0.2, 0.25) is 0 Å². The molecule has 118 valence electrons.